The van der Waals surface area contributed by atoms with E-state index >= 15 is 0 Å². The Morgan fingerprint density at radius 2 is 2.19 bits per heavy atom. The van der Waals surface area contributed by atoms with Crippen LogP contribution in [0.5, 0.6) is 0 Å². The van der Waals surface area contributed by atoms with E-state index in [4.69, 9.17) is 5.11 Å². The van der Waals surface area contributed by atoms with Crippen molar-refractivity contribution in [2.75, 3.05) is 6.61 Å². The molecule has 0 aliphatic rings. The molecule has 90 valence electrons. The first-order valence-corrected chi connectivity index (χ1v) is 5.76. The molecule has 0 saturated heterocycles. The van der Waals surface area contributed by atoms with E-state index in [1.165, 1.54) is 6.07 Å². The second-order valence-electron chi connectivity index (χ2n) is 4.07. The molecular weight excluding hydrogens is 205 g/mol. The molecule has 1 aromatic carbocycles. The molecule has 16 heavy (non-hydrogen) atoms. The summed E-state index contributed by atoms with van der Waals surface area (Å²) in [4.78, 5) is 0. The second-order valence-corrected chi connectivity index (χ2v) is 4.07. The Bertz CT molecular complexity index is 328. The van der Waals surface area contributed by atoms with Gasteiger partial charge in [-0.2, -0.15) is 0 Å². The number of aliphatic hydroxyl groups is 1. The van der Waals surface area contributed by atoms with Crippen molar-refractivity contribution in [2.45, 2.75) is 39.3 Å². The van der Waals surface area contributed by atoms with Crippen molar-refractivity contribution < 1.29 is 9.50 Å². The molecular formula is C13H20FNO. The summed E-state index contributed by atoms with van der Waals surface area (Å²) in [6.45, 7) is 4.93. The molecule has 0 heterocycles. The van der Waals surface area contributed by atoms with Gasteiger partial charge >= 0.3 is 0 Å². The van der Waals surface area contributed by atoms with Crippen LogP contribution in [0.2, 0.25) is 0 Å². The van der Waals surface area contributed by atoms with Gasteiger partial charge in [-0.05, 0) is 43.0 Å². The normalized spacial score (nSPS) is 12.8. The Balaban J connectivity index is 2.53. The Morgan fingerprint density at radius 3 is 2.75 bits per heavy atom. The summed E-state index contributed by atoms with van der Waals surface area (Å²) < 4.78 is 12.9. The Morgan fingerprint density at radius 1 is 1.44 bits per heavy atom. The van der Waals surface area contributed by atoms with Crippen LogP contribution in [-0.2, 0) is 6.54 Å². The zero-order valence-corrected chi connectivity index (χ0v) is 9.96. The Labute approximate surface area is 96.5 Å². The molecule has 1 unspecified atom stereocenters. The summed E-state index contributed by atoms with van der Waals surface area (Å²) in [5.74, 6) is -0.191. The van der Waals surface area contributed by atoms with Crippen molar-refractivity contribution in [3.8, 4) is 0 Å². The predicted molar refractivity (Wildman–Crippen MR) is 63.8 cm³/mol. The summed E-state index contributed by atoms with van der Waals surface area (Å²) in [7, 11) is 0. The lowest BCUT2D eigenvalue weighted by Gasteiger charge is -2.16. The van der Waals surface area contributed by atoms with E-state index in [1.54, 1.807) is 6.07 Å². The molecule has 2 N–H and O–H groups in total. The first-order chi connectivity index (χ1) is 7.67. The Kier molecular flexibility index (Phi) is 5.43. The van der Waals surface area contributed by atoms with Gasteiger partial charge < -0.3 is 10.4 Å². The SMILES string of the molecule is CCC(CCO)NCc1ccc(F)cc1C. The van der Waals surface area contributed by atoms with E-state index in [0.717, 1.165) is 30.5 Å². The third-order valence-electron chi connectivity index (χ3n) is 2.86. The van der Waals surface area contributed by atoms with Crippen molar-refractivity contribution in [3.05, 3.63) is 35.1 Å². The van der Waals surface area contributed by atoms with E-state index in [0.29, 0.717) is 6.04 Å². The number of halogens is 1. The molecule has 1 rings (SSSR count). The molecule has 0 saturated carbocycles. The van der Waals surface area contributed by atoms with Gasteiger partial charge in [0.05, 0.1) is 0 Å². The summed E-state index contributed by atoms with van der Waals surface area (Å²) >= 11 is 0. The quantitative estimate of drug-likeness (QED) is 0.779. The minimum absolute atomic E-state index is 0.191. The number of hydrogen-bond acceptors (Lipinski definition) is 2. The van der Waals surface area contributed by atoms with E-state index in [1.807, 2.05) is 13.0 Å². The smallest absolute Gasteiger partial charge is 0.123 e. The minimum Gasteiger partial charge on any atom is -0.396 e. The van der Waals surface area contributed by atoms with Crippen LogP contribution >= 0.6 is 0 Å². The number of hydrogen-bond donors (Lipinski definition) is 2. The zero-order chi connectivity index (χ0) is 12.0. The molecule has 0 aliphatic carbocycles. The van der Waals surface area contributed by atoms with Crippen molar-refractivity contribution in [3.63, 3.8) is 0 Å². The lowest BCUT2D eigenvalue weighted by Crippen LogP contribution is -2.29. The van der Waals surface area contributed by atoms with Crippen molar-refractivity contribution >= 4 is 0 Å². The van der Waals surface area contributed by atoms with E-state index in [2.05, 4.69) is 12.2 Å². The van der Waals surface area contributed by atoms with Gasteiger partial charge in [-0.15, -0.1) is 0 Å². The zero-order valence-electron chi connectivity index (χ0n) is 9.96. The first kappa shape index (κ1) is 13.1. The molecule has 3 heteroatoms. The molecule has 0 amide bonds. The maximum atomic E-state index is 12.9. The average molecular weight is 225 g/mol. The monoisotopic (exact) mass is 225 g/mol. The van der Waals surface area contributed by atoms with Crippen molar-refractivity contribution in [1.29, 1.82) is 0 Å². The lowest BCUT2D eigenvalue weighted by atomic mass is 10.1. The summed E-state index contributed by atoms with van der Waals surface area (Å²) in [5.41, 5.74) is 2.07. The highest BCUT2D eigenvalue weighted by Crippen LogP contribution is 2.10. The standard InChI is InChI=1S/C13H20FNO/c1-3-13(6-7-16)15-9-11-4-5-12(14)8-10(11)2/h4-5,8,13,15-16H,3,6-7,9H2,1-2H3. The van der Waals surface area contributed by atoms with Crippen LogP contribution in [0.1, 0.15) is 30.9 Å². The molecule has 0 bridgehead atoms. The number of aliphatic hydroxyl groups excluding tert-OH is 1. The fourth-order valence-electron chi connectivity index (χ4n) is 1.72. The molecule has 1 aromatic rings. The Hall–Kier alpha value is -0.930. The van der Waals surface area contributed by atoms with E-state index in [9.17, 15) is 4.39 Å². The summed E-state index contributed by atoms with van der Waals surface area (Å²) in [5, 5.41) is 12.2. The van der Waals surface area contributed by atoms with Crippen LogP contribution in [0.15, 0.2) is 18.2 Å². The van der Waals surface area contributed by atoms with Crippen LogP contribution in [0.3, 0.4) is 0 Å². The summed E-state index contributed by atoms with van der Waals surface area (Å²) in [6, 6.07) is 5.17. The highest BCUT2D eigenvalue weighted by Gasteiger charge is 2.06. The maximum Gasteiger partial charge on any atom is 0.123 e. The van der Waals surface area contributed by atoms with Crippen LogP contribution in [0.25, 0.3) is 0 Å². The predicted octanol–water partition coefficient (Wildman–Crippen LogP) is 2.38. The molecule has 2 nitrogen and oxygen atoms in total. The van der Waals surface area contributed by atoms with E-state index < -0.39 is 0 Å². The first-order valence-electron chi connectivity index (χ1n) is 5.76. The maximum absolute atomic E-state index is 12.9. The molecule has 0 radical (unpaired) electrons. The van der Waals surface area contributed by atoms with Gasteiger partial charge in [-0.25, -0.2) is 4.39 Å². The van der Waals surface area contributed by atoms with Gasteiger partial charge in [-0.1, -0.05) is 13.0 Å². The summed E-state index contributed by atoms with van der Waals surface area (Å²) in [6.07, 6.45) is 1.75. The van der Waals surface area contributed by atoms with Gasteiger partial charge in [0.1, 0.15) is 5.82 Å². The lowest BCUT2D eigenvalue weighted by molar-refractivity contribution is 0.262. The number of nitrogens with one attached hydrogen (secondary N) is 1. The van der Waals surface area contributed by atoms with Crippen molar-refractivity contribution in [1.82, 2.24) is 5.32 Å². The van der Waals surface area contributed by atoms with Crippen LogP contribution in [0.4, 0.5) is 4.39 Å². The highest BCUT2D eigenvalue weighted by molar-refractivity contribution is 5.26. The minimum atomic E-state index is -0.191. The largest absolute Gasteiger partial charge is 0.396 e. The molecule has 0 aromatic heterocycles. The van der Waals surface area contributed by atoms with Crippen LogP contribution < -0.4 is 5.32 Å². The van der Waals surface area contributed by atoms with Gasteiger partial charge in [0.25, 0.3) is 0 Å². The number of rotatable bonds is 6. The van der Waals surface area contributed by atoms with Crippen LogP contribution in [-0.4, -0.2) is 17.8 Å². The van der Waals surface area contributed by atoms with Crippen LogP contribution in [0, 0.1) is 12.7 Å². The third kappa shape index (κ3) is 3.91. The molecule has 0 aliphatic heterocycles. The topological polar surface area (TPSA) is 32.3 Å². The number of aryl methyl sites for hydroxylation is 1. The average Bonchev–Trinajstić information content (AvgIpc) is 2.26. The molecule has 0 fully saturated rings. The fraction of sp³-hybridized carbons (Fsp3) is 0.538. The molecule has 0 spiro atoms. The number of benzene rings is 1. The van der Waals surface area contributed by atoms with Gasteiger partial charge in [-0.3, -0.25) is 0 Å². The molecule has 1 atom stereocenters. The van der Waals surface area contributed by atoms with Crippen molar-refractivity contribution in [2.24, 2.45) is 0 Å². The van der Waals surface area contributed by atoms with Gasteiger partial charge in [0.2, 0.25) is 0 Å². The van der Waals surface area contributed by atoms with Gasteiger partial charge in [0.15, 0.2) is 0 Å². The highest BCUT2D eigenvalue weighted by atomic mass is 19.1. The van der Waals surface area contributed by atoms with Gasteiger partial charge in [0, 0.05) is 19.2 Å². The second kappa shape index (κ2) is 6.61. The van der Waals surface area contributed by atoms with E-state index in [-0.39, 0.29) is 12.4 Å². The fourth-order valence-corrected chi connectivity index (χ4v) is 1.72. The third-order valence-corrected chi connectivity index (χ3v) is 2.86.